The van der Waals surface area contributed by atoms with E-state index in [4.69, 9.17) is 0 Å². The van der Waals surface area contributed by atoms with Crippen molar-refractivity contribution >= 4 is 6.21 Å². The van der Waals surface area contributed by atoms with E-state index < -0.39 is 0 Å². The summed E-state index contributed by atoms with van der Waals surface area (Å²) in [6, 6.07) is 0. The fourth-order valence-electron chi connectivity index (χ4n) is 0.524. The summed E-state index contributed by atoms with van der Waals surface area (Å²) in [7, 11) is 0. The molecule has 6 heavy (non-hydrogen) atoms. The molecule has 0 aromatic heterocycles. The molecule has 1 nitrogen and oxygen atoms in total. The lowest BCUT2D eigenvalue weighted by Crippen LogP contribution is -1.84. The van der Waals surface area contributed by atoms with Gasteiger partial charge >= 0.3 is 0 Å². The molecule has 0 aliphatic carbocycles. The molecule has 0 aromatic rings. The highest BCUT2D eigenvalue weighted by Crippen LogP contribution is 2.02. The first-order valence-corrected chi connectivity index (χ1v) is 2.33. The van der Waals surface area contributed by atoms with E-state index in [1.807, 2.05) is 12.8 Å². The van der Waals surface area contributed by atoms with E-state index in [2.05, 4.69) is 4.99 Å². The van der Waals surface area contributed by atoms with Gasteiger partial charge in [-0.3, -0.25) is 4.99 Å². The second kappa shape index (κ2) is 1.96. The Bertz CT molecular complexity index is 49.0. The Morgan fingerprint density at radius 2 is 2.33 bits per heavy atom. The third-order valence-corrected chi connectivity index (χ3v) is 0.877. The smallest absolute Gasteiger partial charge is 0.0719 e. The molecule has 1 rings (SSSR count). The summed E-state index contributed by atoms with van der Waals surface area (Å²) in [5.74, 6) is 0. The number of nitrogens with zero attached hydrogens (tertiary/aromatic N) is 1. The molecule has 0 atom stereocenters. The van der Waals surface area contributed by atoms with Gasteiger partial charge in [-0.1, -0.05) is 0 Å². The average molecular weight is 82.1 g/mol. The molecule has 0 saturated heterocycles. The summed E-state index contributed by atoms with van der Waals surface area (Å²) in [5.41, 5.74) is 0. The molecule has 0 bridgehead atoms. The fourth-order valence-corrected chi connectivity index (χ4v) is 0.524. The molecule has 1 radical (unpaired) electrons. The topological polar surface area (TPSA) is 12.4 Å². The van der Waals surface area contributed by atoms with Gasteiger partial charge in [0.25, 0.3) is 0 Å². The van der Waals surface area contributed by atoms with Gasteiger partial charge in [0.1, 0.15) is 0 Å². The number of aliphatic imine (C=N–C) groups is 1. The predicted molar refractivity (Wildman–Crippen MR) is 26.6 cm³/mol. The third-order valence-electron chi connectivity index (χ3n) is 0.877. The molecule has 0 saturated carbocycles. The second-order valence-electron chi connectivity index (χ2n) is 1.45. The zero-order chi connectivity index (χ0) is 4.24. The average Bonchev–Trinajstić information content (AvgIpc) is 1.72. The van der Waals surface area contributed by atoms with Gasteiger partial charge < -0.3 is 0 Å². The van der Waals surface area contributed by atoms with Gasteiger partial charge in [0, 0.05) is 0 Å². The Morgan fingerprint density at radius 1 is 1.33 bits per heavy atom. The molecule has 0 aromatic carbocycles. The summed E-state index contributed by atoms with van der Waals surface area (Å²) in [6.07, 6.45) is 5.61. The number of hydrogen-bond donors (Lipinski definition) is 0. The molecule has 0 N–H and O–H groups in total. The van der Waals surface area contributed by atoms with Gasteiger partial charge in [0.05, 0.1) is 6.54 Å². The van der Waals surface area contributed by atoms with Gasteiger partial charge in [0.15, 0.2) is 0 Å². The van der Waals surface area contributed by atoms with Crippen molar-refractivity contribution in [2.45, 2.75) is 19.3 Å². The van der Waals surface area contributed by atoms with Gasteiger partial charge in [-0.15, -0.1) is 0 Å². The molecule has 1 heterocycles. The van der Waals surface area contributed by atoms with Crippen LogP contribution in [0.4, 0.5) is 0 Å². The van der Waals surface area contributed by atoms with Gasteiger partial charge in [-0.2, -0.15) is 0 Å². The number of hydrogen-bond acceptors (Lipinski definition) is 1. The van der Waals surface area contributed by atoms with Crippen LogP contribution in [-0.4, -0.2) is 6.21 Å². The highest BCUT2D eigenvalue weighted by Gasteiger charge is 1.88. The van der Waals surface area contributed by atoms with E-state index in [9.17, 15) is 0 Å². The molecule has 0 amide bonds. The van der Waals surface area contributed by atoms with E-state index in [1.54, 1.807) is 0 Å². The maximum atomic E-state index is 3.93. The van der Waals surface area contributed by atoms with Crippen LogP contribution in [0, 0.1) is 6.54 Å². The normalized spacial score (nSPS) is 21.3. The Hall–Kier alpha value is -0.330. The Balaban J connectivity index is 2.26. The van der Waals surface area contributed by atoms with Crippen molar-refractivity contribution in [2.75, 3.05) is 0 Å². The van der Waals surface area contributed by atoms with Crippen LogP contribution in [0.25, 0.3) is 0 Å². The van der Waals surface area contributed by atoms with Crippen molar-refractivity contribution in [3.05, 3.63) is 6.54 Å². The minimum absolute atomic E-state index is 1.18. The second-order valence-corrected chi connectivity index (χ2v) is 1.45. The van der Waals surface area contributed by atoms with Crippen LogP contribution in [0.5, 0.6) is 0 Å². The van der Waals surface area contributed by atoms with Crippen LogP contribution in [0.1, 0.15) is 19.3 Å². The van der Waals surface area contributed by atoms with E-state index in [1.165, 1.54) is 19.3 Å². The quantitative estimate of drug-likeness (QED) is 0.419. The number of rotatable bonds is 0. The summed E-state index contributed by atoms with van der Waals surface area (Å²) in [6.45, 7) is 1.96. The van der Waals surface area contributed by atoms with Gasteiger partial charge in [-0.25, -0.2) is 0 Å². The Labute approximate surface area is 38.1 Å². The molecule has 0 unspecified atom stereocenters. The van der Waals surface area contributed by atoms with E-state index in [0.29, 0.717) is 0 Å². The van der Waals surface area contributed by atoms with Gasteiger partial charge in [-0.05, 0) is 25.5 Å². The zero-order valence-corrected chi connectivity index (χ0v) is 3.72. The first-order chi connectivity index (χ1) is 3.00. The zero-order valence-electron chi connectivity index (χ0n) is 3.72. The summed E-state index contributed by atoms with van der Waals surface area (Å²) >= 11 is 0. The Morgan fingerprint density at radius 3 is 2.50 bits per heavy atom. The van der Waals surface area contributed by atoms with Crippen LogP contribution in [0.15, 0.2) is 4.99 Å². The monoisotopic (exact) mass is 82.1 g/mol. The first-order valence-electron chi connectivity index (χ1n) is 2.33. The maximum absolute atomic E-state index is 3.93. The fraction of sp³-hybridized carbons (Fsp3) is 0.600. The summed E-state index contributed by atoms with van der Waals surface area (Å²) in [5, 5.41) is 0. The molecular weight excluding hydrogens is 74.1 g/mol. The van der Waals surface area contributed by atoms with Crippen LogP contribution in [-0.2, 0) is 0 Å². The highest BCUT2D eigenvalue weighted by molar-refractivity contribution is 5.58. The lowest BCUT2D eigenvalue weighted by atomic mass is 10.2. The van der Waals surface area contributed by atoms with Crippen molar-refractivity contribution in [2.24, 2.45) is 4.99 Å². The SMILES string of the molecule is [CH]1CCCC=N1. The minimum atomic E-state index is 1.18. The maximum Gasteiger partial charge on any atom is 0.0719 e. The largest absolute Gasteiger partial charge is 0.292 e. The summed E-state index contributed by atoms with van der Waals surface area (Å²) < 4.78 is 0. The predicted octanol–water partition coefficient (Wildman–Crippen LogP) is 1.40. The van der Waals surface area contributed by atoms with Crippen LogP contribution < -0.4 is 0 Å². The molecule has 1 aliphatic rings. The highest BCUT2D eigenvalue weighted by atomic mass is 14.7. The van der Waals surface area contributed by atoms with Crippen molar-refractivity contribution in [3.8, 4) is 0 Å². The Kier molecular flexibility index (Phi) is 1.25. The van der Waals surface area contributed by atoms with Crippen LogP contribution in [0.2, 0.25) is 0 Å². The third kappa shape index (κ3) is 0.814. The van der Waals surface area contributed by atoms with Crippen molar-refractivity contribution in [3.63, 3.8) is 0 Å². The van der Waals surface area contributed by atoms with E-state index in [-0.39, 0.29) is 0 Å². The summed E-state index contributed by atoms with van der Waals surface area (Å²) in [4.78, 5) is 3.93. The minimum Gasteiger partial charge on any atom is -0.292 e. The molecule has 0 fully saturated rings. The van der Waals surface area contributed by atoms with E-state index in [0.717, 1.165) is 0 Å². The standard InChI is InChI=1S/C5H8N/c1-2-4-6-5-3-1/h4-5H,1-3H2. The van der Waals surface area contributed by atoms with Gasteiger partial charge in [0.2, 0.25) is 0 Å². The van der Waals surface area contributed by atoms with Crippen LogP contribution in [0.3, 0.4) is 0 Å². The molecule has 1 heteroatoms. The molecule has 33 valence electrons. The first kappa shape index (κ1) is 3.85. The van der Waals surface area contributed by atoms with Crippen molar-refractivity contribution in [1.29, 1.82) is 0 Å². The molecule has 0 spiro atoms. The van der Waals surface area contributed by atoms with Crippen molar-refractivity contribution < 1.29 is 0 Å². The lowest BCUT2D eigenvalue weighted by molar-refractivity contribution is 0.818. The molecular formula is C5H8N. The molecule has 1 aliphatic heterocycles. The van der Waals surface area contributed by atoms with E-state index >= 15 is 0 Å². The van der Waals surface area contributed by atoms with Crippen LogP contribution >= 0.6 is 0 Å². The lowest BCUT2D eigenvalue weighted by Gasteiger charge is -1.96. The van der Waals surface area contributed by atoms with Crippen molar-refractivity contribution in [1.82, 2.24) is 0 Å².